The Morgan fingerprint density at radius 2 is 1.60 bits per heavy atom. The number of carbonyl (C=O) groups excluding carboxylic acids is 2. The Balaban J connectivity index is 1.47. The zero-order valence-electron chi connectivity index (χ0n) is 17.8. The van der Waals surface area contributed by atoms with Gasteiger partial charge in [-0.25, -0.2) is 4.79 Å². The Bertz CT molecular complexity index is 1320. The third kappa shape index (κ3) is 6.16. The Kier molecular flexibility index (Phi) is 8.01. The van der Waals surface area contributed by atoms with Crippen LogP contribution < -0.4 is 4.74 Å². The highest BCUT2D eigenvalue weighted by Gasteiger charge is 2.35. The average Bonchev–Trinajstić information content (AvgIpc) is 3.07. The van der Waals surface area contributed by atoms with Crippen LogP contribution >= 0.6 is 55.2 Å². The summed E-state index contributed by atoms with van der Waals surface area (Å²) >= 11 is 13.8. The van der Waals surface area contributed by atoms with Crippen LogP contribution in [0.4, 0.5) is 4.79 Å². The van der Waals surface area contributed by atoms with Crippen LogP contribution in [0.5, 0.6) is 5.75 Å². The number of carboxylic acid groups (broad SMARTS) is 1. The van der Waals surface area contributed by atoms with E-state index in [4.69, 9.17) is 21.4 Å². The van der Waals surface area contributed by atoms with Gasteiger partial charge in [0.2, 0.25) is 0 Å². The average molecular weight is 638 g/mol. The number of rotatable bonds is 7. The molecule has 1 N–H and O–H groups in total. The molecule has 1 saturated heterocycles. The Morgan fingerprint density at radius 1 is 1.00 bits per heavy atom. The van der Waals surface area contributed by atoms with E-state index in [0.717, 1.165) is 22.9 Å². The third-order valence-corrected chi connectivity index (χ3v) is 7.37. The molecule has 1 aliphatic rings. The first-order valence-electron chi connectivity index (χ1n) is 10.1. The fraction of sp³-hybridized carbons (Fsp3) is 0.0800. The number of amides is 2. The van der Waals surface area contributed by atoms with Crippen LogP contribution in [-0.4, -0.2) is 27.1 Å². The smallest absolute Gasteiger partial charge is 0.335 e. The minimum atomic E-state index is -0.985. The Morgan fingerprint density at radius 3 is 2.20 bits per heavy atom. The van der Waals surface area contributed by atoms with Gasteiger partial charge in [-0.05, 0) is 103 Å². The largest absolute Gasteiger partial charge is 0.487 e. The number of hydrogen-bond acceptors (Lipinski definition) is 5. The minimum Gasteiger partial charge on any atom is -0.487 e. The maximum absolute atomic E-state index is 12.9. The van der Waals surface area contributed by atoms with Crippen molar-refractivity contribution in [2.45, 2.75) is 13.2 Å². The van der Waals surface area contributed by atoms with E-state index in [-0.39, 0.29) is 29.9 Å². The van der Waals surface area contributed by atoms with Gasteiger partial charge in [0.05, 0.1) is 26.0 Å². The van der Waals surface area contributed by atoms with Crippen molar-refractivity contribution in [1.29, 1.82) is 0 Å². The molecule has 1 heterocycles. The molecule has 0 saturated carbocycles. The maximum Gasteiger partial charge on any atom is 0.335 e. The summed E-state index contributed by atoms with van der Waals surface area (Å²) in [5.74, 6) is -0.783. The molecule has 1 fully saturated rings. The first-order valence-corrected chi connectivity index (χ1v) is 12.9. The van der Waals surface area contributed by atoms with Crippen molar-refractivity contribution in [2.24, 2.45) is 0 Å². The number of nitrogens with zero attached hydrogens (tertiary/aromatic N) is 1. The highest BCUT2D eigenvalue weighted by molar-refractivity contribution is 9.11. The van der Waals surface area contributed by atoms with Crippen molar-refractivity contribution in [2.75, 3.05) is 0 Å². The first-order chi connectivity index (χ1) is 16.7. The van der Waals surface area contributed by atoms with E-state index in [0.29, 0.717) is 30.2 Å². The van der Waals surface area contributed by atoms with Crippen LogP contribution in [0.3, 0.4) is 0 Å². The van der Waals surface area contributed by atoms with E-state index in [1.165, 1.54) is 17.0 Å². The number of thioether (sulfide) groups is 1. The number of aromatic carboxylic acids is 1. The van der Waals surface area contributed by atoms with Gasteiger partial charge in [-0.1, -0.05) is 35.9 Å². The van der Waals surface area contributed by atoms with Crippen molar-refractivity contribution in [3.63, 3.8) is 0 Å². The van der Waals surface area contributed by atoms with Gasteiger partial charge in [0.25, 0.3) is 11.1 Å². The Labute approximate surface area is 227 Å². The van der Waals surface area contributed by atoms with Gasteiger partial charge >= 0.3 is 5.97 Å². The van der Waals surface area contributed by atoms with E-state index in [1.54, 1.807) is 54.6 Å². The Hall–Kier alpha value is -2.59. The van der Waals surface area contributed by atoms with Gasteiger partial charge in [0.15, 0.2) is 0 Å². The summed E-state index contributed by atoms with van der Waals surface area (Å²) < 4.78 is 7.21. The van der Waals surface area contributed by atoms with Gasteiger partial charge in [-0.2, -0.15) is 0 Å². The molecule has 178 valence electrons. The van der Waals surface area contributed by atoms with Crippen LogP contribution in [-0.2, 0) is 17.9 Å². The number of ether oxygens (including phenoxy) is 1. The number of imide groups is 1. The van der Waals surface area contributed by atoms with Gasteiger partial charge in [-0.15, -0.1) is 0 Å². The summed E-state index contributed by atoms with van der Waals surface area (Å²) in [4.78, 5) is 37.8. The molecule has 4 rings (SSSR count). The lowest BCUT2D eigenvalue weighted by Crippen LogP contribution is -2.27. The lowest BCUT2D eigenvalue weighted by atomic mass is 10.1. The second-order valence-electron chi connectivity index (χ2n) is 7.50. The SMILES string of the molecule is O=C(O)c1ccc(COc2c(Br)cc(/C=C3\SC(=O)N(Cc4ccc(Cl)cc4)C3=O)cc2Br)cc1. The highest BCUT2D eigenvalue weighted by atomic mass is 79.9. The van der Waals surface area contributed by atoms with E-state index in [9.17, 15) is 14.4 Å². The van der Waals surface area contributed by atoms with Crippen molar-refractivity contribution in [3.8, 4) is 5.75 Å². The first kappa shape index (κ1) is 25.5. The van der Waals surface area contributed by atoms with Gasteiger partial charge in [0.1, 0.15) is 12.4 Å². The molecule has 0 aliphatic carbocycles. The fourth-order valence-corrected chi connectivity index (χ4v) is 5.67. The minimum absolute atomic E-state index is 0.173. The van der Waals surface area contributed by atoms with E-state index >= 15 is 0 Å². The molecule has 0 radical (unpaired) electrons. The molecule has 3 aromatic rings. The molecular formula is C25H16Br2ClNO5S. The number of carbonyl (C=O) groups is 3. The van der Waals surface area contributed by atoms with Gasteiger partial charge < -0.3 is 9.84 Å². The van der Waals surface area contributed by atoms with Crippen LogP contribution in [0.15, 0.2) is 74.5 Å². The zero-order valence-corrected chi connectivity index (χ0v) is 22.6. The normalized spacial score (nSPS) is 14.6. The molecule has 1 aliphatic heterocycles. The summed E-state index contributed by atoms with van der Waals surface area (Å²) in [5, 5.41) is 9.26. The summed E-state index contributed by atoms with van der Waals surface area (Å²) in [7, 11) is 0. The van der Waals surface area contributed by atoms with Crippen LogP contribution in [0.25, 0.3) is 6.08 Å². The molecule has 0 bridgehead atoms. The van der Waals surface area contributed by atoms with E-state index in [1.807, 2.05) is 0 Å². The molecule has 6 nitrogen and oxygen atoms in total. The van der Waals surface area contributed by atoms with Crippen molar-refractivity contribution in [3.05, 3.63) is 102 Å². The molecule has 3 aromatic carbocycles. The molecule has 2 amide bonds. The molecule has 10 heteroatoms. The fourth-order valence-electron chi connectivity index (χ4n) is 3.26. The number of carboxylic acids is 1. The molecule has 0 spiro atoms. The topological polar surface area (TPSA) is 83.9 Å². The van der Waals surface area contributed by atoms with Gasteiger partial charge in [0, 0.05) is 5.02 Å². The monoisotopic (exact) mass is 635 g/mol. The summed E-state index contributed by atoms with van der Waals surface area (Å²) in [5.41, 5.74) is 2.53. The lowest BCUT2D eigenvalue weighted by Gasteiger charge is -2.13. The number of halogens is 3. The standard InChI is InChI=1S/C25H16Br2ClNO5S/c26-19-9-16(10-20(27)22(19)34-13-15-1-5-17(6-2-15)24(31)32)11-21-23(30)29(25(33)35-21)12-14-3-7-18(28)8-4-14/h1-11H,12-13H2,(H,31,32)/b21-11-. The summed E-state index contributed by atoms with van der Waals surface area (Å²) in [6.45, 7) is 0.410. The number of benzene rings is 3. The lowest BCUT2D eigenvalue weighted by molar-refractivity contribution is -0.123. The quantitative estimate of drug-likeness (QED) is 0.272. The molecule has 0 unspecified atom stereocenters. The van der Waals surface area contributed by atoms with Crippen LogP contribution in [0, 0.1) is 0 Å². The highest BCUT2D eigenvalue weighted by Crippen LogP contribution is 2.38. The van der Waals surface area contributed by atoms with Crippen molar-refractivity contribution in [1.82, 2.24) is 4.90 Å². The molecule has 0 atom stereocenters. The van der Waals surface area contributed by atoms with Crippen molar-refractivity contribution >= 4 is 78.4 Å². The zero-order chi connectivity index (χ0) is 25.1. The van der Waals surface area contributed by atoms with Crippen LogP contribution in [0.2, 0.25) is 5.02 Å². The van der Waals surface area contributed by atoms with Crippen molar-refractivity contribution < 1.29 is 24.2 Å². The van der Waals surface area contributed by atoms with Crippen LogP contribution in [0.1, 0.15) is 27.0 Å². The van der Waals surface area contributed by atoms with Gasteiger partial charge in [-0.3, -0.25) is 14.5 Å². The summed E-state index contributed by atoms with van der Waals surface area (Å²) in [6, 6.07) is 17.0. The second-order valence-corrected chi connectivity index (χ2v) is 10.6. The molecule has 0 aromatic heterocycles. The third-order valence-electron chi connectivity index (χ3n) is 5.03. The van der Waals surface area contributed by atoms with E-state index < -0.39 is 5.97 Å². The summed E-state index contributed by atoms with van der Waals surface area (Å²) in [6.07, 6.45) is 1.66. The number of hydrogen-bond donors (Lipinski definition) is 1. The second kappa shape index (κ2) is 11.0. The maximum atomic E-state index is 12.9. The molecular weight excluding hydrogens is 622 g/mol. The molecule has 35 heavy (non-hydrogen) atoms. The predicted octanol–water partition coefficient (Wildman–Crippen LogP) is 7.38. The van der Waals surface area contributed by atoms with E-state index in [2.05, 4.69) is 31.9 Å². The predicted molar refractivity (Wildman–Crippen MR) is 143 cm³/mol.